The molecule has 0 saturated carbocycles. The maximum absolute atomic E-state index is 12.8. The van der Waals surface area contributed by atoms with E-state index in [4.69, 9.17) is 21.1 Å². The van der Waals surface area contributed by atoms with Gasteiger partial charge in [0.05, 0.1) is 17.8 Å². The first-order valence-corrected chi connectivity index (χ1v) is 9.93. The molecule has 0 N–H and O–H groups in total. The lowest BCUT2D eigenvalue weighted by molar-refractivity contribution is -0.154. The Morgan fingerprint density at radius 1 is 1.07 bits per heavy atom. The van der Waals surface area contributed by atoms with E-state index in [1.165, 1.54) is 0 Å². The van der Waals surface area contributed by atoms with Crippen LogP contribution in [0.15, 0.2) is 54.6 Å². The number of rotatable bonds is 5. The zero-order chi connectivity index (χ0) is 20.8. The van der Waals surface area contributed by atoms with Crippen molar-refractivity contribution in [2.45, 2.75) is 26.1 Å². The van der Waals surface area contributed by atoms with Crippen LogP contribution in [0, 0.1) is 0 Å². The van der Waals surface area contributed by atoms with Gasteiger partial charge in [-0.05, 0) is 43.2 Å². The van der Waals surface area contributed by atoms with Crippen LogP contribution in [0.5, 0.6) is 0 Å². The van der Waals surface area contributed by atoms with Gasteiger partial charge >= 0.3 is 5.97 Å². The van der Waals surface area contributed by atoms with E-state index in [9.17, 15) is 9.59 Å². The van der Waals surface area contributed by atoms with Crippen molar-refractivity contribution in [1.29, 1.82) is 0 Å². The fourth-order valence-electron chi connectivity index (χ4n) is 3.28. The Labute approximate surface area is 175 Å². The second kappa shape index (κ2) is 9.72. The Morgan fingerprint density at radius 3 is 2.31 bits per heavy atom. The number of carbonyl (C=O) groups excluding carboxylic acids is 2. The zero-order valence-corrected chi connectivity index (χ0v) is 17.3. The zero-order valence-electron chi connectivity index (χ0n) is 16.5. The van der Waals surface area contributed by atoms with E-state index in [1.807, 2.05) is 44.2 Å². The Balaban J connectivity index is 1.74. The molecule has 2 aromatic carbocycles. The first-order valence-electron chi connectivity index (χ1n) is 9.55. The third kappa shape index (κ3) is 5.92. The van der Waals surface area contributed by atoms with Gasteiger partial charge in [-0.3, -0.25) is 4.79 Å². The number of hydrogen-bond acceptors (Lipinski definition) is 4. The number of hydrogen-bond donors (Lipinski definition) is 0. The smallest absolute Gasteiger partial charge is 0.339 e. The number of halogens is 1. The summed E-state index contributed by atoms with van der Waals surface area (Å²) in [7, 11) is 0. The van der Waals surface area contributed by atoms with Gasteiger partial charge in [0.1, 0.15) is 0 Å². The molecule has 1 saturated heterocycles. The van der Waals surface area contributed by atoms with E-state index in [2.05, 4.69) is 0 Å². The van der Waals surface area contributed by atoms with Crippen LogP contribution in [0.2, 0.25) is 5.02 Å². The van der Waals surface area contributed by atoms with Crippen molar-refractivity contribution >= 4 is 35.1 Å². The van der Waals surface area contributed by atoms with Gasteiger partial charge in [-0.1, -0.05) is 54.1 Å². The van der Waals surface area contributed by atoms with Crippen LogP contribution in [-0.2, 0) is 19.1 Å². The van der Waals surface area contributed by atoms with Crippen molar-refractivity contribution in [2.24, 2.45) is 0 Å². The molecule has 1 fully saturated rings. The first-order chi connectivity index (χ1) is 13.9. The summed E-state index contributed by atoms with van der Waals surface area (Å²) in [5.41, 5.74) is 1.89. The average molecular weight is 414 g/mol. The molecule has 2 atom stereocenters. The maximum atomic E-state index is 12.8. The second-order valence-electron chi connectivity index (χ2n) is 7.11. The first kappa shape index (κ1) is 21.1. The van der Waals surface area contributed by atoms with Crippen LogP contribution in [0.25, 0.3) is 11.6 Å². The van der Waals surface area contributed by atoms with Crippen molar-refractivity contribution in [3.63, 3.8) is 0 Å². The molecule has 3 rings (SSSR count). The summed E-state index contributed by atoms with van der Waals surface area (Å²) in [4.78, 5) is 27.0. The quantitative estimate of drug-likeness (QED) is 0.421. The Bertz CT molecular complexity index is 870. The molecule has 0 spiro atoms. The van der Waals surface area contributed by atoms with E-state index >= 15 is 0 Å². The molecule has 0 aromatic heterocycles. The average Bonchev–Trinajstić information content (AvgIpc) is 2.71. The lowest BCUT2D eigenvalue weighted by Crippen LogP contribution is -2.49. The van der Waals surface area contributed by atoms with Crippen molar-refractivity contribution in [2.75, 3.05) is 19.7 Å². The summed E-state index contributed by atoms with van der Waals surface area (Å²) in [5.74, 6) is -0.783. The maximum Gasteiger partial charge on any atom is 0.339 e. The number of carbonyl (C=O) groups is 2. The van der Waals surface area contributed by atoms with Gasteiger partial charge in [0, 0.05) is 18.1 Å². The molecule has 152 valence electrons. The third-order valence-electron chi connectivity index (χ3n) is 4.58. The summed E-state index contributed by atoms with van der Waals surface area (Å²) in [6.45, 7) is 4.51. The molecule has 0 aliphatic carbocycles. The number of esters is 1. The minimum absolute atomic E-state index is 0.0407. The molecule has 1 aliphatic rings. The minimum atomic E-state index is -0.557. The van der Waals surface area contributed by atoms with Gasteiger partial charge < -0.3 is 14.4 Å². The normalized spacial score (nSPS) is 19.7. The van der Waals surface area contributed by atoms with Gasteiger partial charge in [-0.2, -0.15) is 0 Å². The van der Waals surface area contributed by atoms with Crippen LogP contribution in [0.4, 0.5) is 0 Å². The highest BCUT2D eigenvalue weighted by Gasteiger charge is 2.27. The monoisotopic (exact) mass is 413 g/mol. The summed E-state index contributed by atoms with van der Waals surface area (Å²) >= 11 is 5.97. The molecule has 6 heteroatoms. The Kier molecular flexibility index (Phi) is 7.07. The highest BCUT2D eigenvalue weighted by molar-refractivity contribution is 6.30. The van der Waals surface area contributed by atoms with Crippen molar-refractivity contribution in [1.82, 2.24) is 4.90 Å². The Morgan fingerprint density at radius 2 is 1.69 bits per heavy atom. The number of amides is 1. The molecule has 5 nitrogen and oxygen atoms in total. The van der Waals surface area contributed by atoms with Crippen LogP contribution >= 0.6 is 11.6 Å². The van der Waals surface area contributed by atoms with E-state index < -0.39 is 5.97 Å². The van der Waals surface area contributed by atoms with Crippen LogP contribution < -0.4 is 0 Å². The Hall–Kier alpha value is -2.63. The fraction of sp³-hybridized carbons (Fsp3) is 0.304. The van der Waals surface area contributed by atoms with Gasteiger partial charge in [-0.25, -0.2) is 4.79 Å². The number of morpholine rings is 1. The second-order valence-corrected chi connectivity index (χ2v) is 7.54. The molecule has 29 heavy (non-hydrogen) atoms. The van der Waals surface area contributed by atoms with Crippen molar-refractivity contribution in [3.05, 3.63) is 70.7 Å². The van der Waals surface area contributed by atoms with Crippen molar-refractivity contribution < 1.29 is 19.1 Å². The molecular weight excluding hydrogens is 390 g/mol. The molecular formula is C23H24ClNO4. The van der Waals surface area contributed by atoms with Gasteiger partial charge in [0.2, 0.25) is 0 Å². The molecule has 1 amide bonds. The molecule has 0 bridgehead atoms. The van der Waals surface area contributed by atoms with Gasteiger partial charge in [-0.15, -0.1) is 0 Å². The summed E-state index contributed by atoms with van der Waals surface area (Å²) in [6, 6.07) is 16.4. The van der Waals surface area contributed by atoms with Crippen molar-refractivity contribution in [3.8, 4) is 0 Å². The third-order valence-corrected chi connectivity index (χ3v) is 4.84. The largest absolute Gasteiger partial charge is 0.452 e. The van der Waals surface area contributed by atoms with E-state index in [1.54, 1.807) is 35.2 Å². The highest BCUT2D eigenvalue weighted by atomic mass is 35.5. The molecule has 1 aliphatic heterocycles. The van der Waals surface area contributed by atoms with E-state index in [0.29, 0.717) is 29.2 Å². The number of benzene rings is 2. The van der Waals surface area contributed by atoms with E-state index in [0.717, 1.165) is 5.56 Å². The van der Waals surface area contributed by atoms with Gasteiger partial charge in [0.25, 0.3) is 5.91 Å². The molecule has 1 heterocycles. The lowest BCUT2D eigenvalue weighted by Gasteiger charge is -2.35. The molecule has 0 unspecified atom stereocenters. The van der Waals surface area contributed by atoms with Crippen LogP contribution in [0.3, 0.4) is 0 Å². The minimum Gasteiger partial charge on any atom is -0.452 e. The molecule has 0 radical (unpaired) electrons. The SMILES string of the molecule is C[C@H]1CN(C(=O)COC(=O)/C(=C/c2ccccc2)c2ccc(Cl)cc2)C[C@H](C)O1. The topological polar surface area (TPSA) is 55.8 Å². The van der Waals surface area contributed by atoms with E-state index in [-0.39, 0.29) is 24.7 Å². The predicted octanol–water partition coefficient (Wildman–Crippen LogP) is 4.06. The fourth-order valence-corrected chi connectivity index (χ4v) is 3.41. The van der Waals surface area contributed by atoms with Crippen LogP contribution in [-0.4, -0.2) is 48.7 Å². The summed E-state index contributed by atoms with van der Waals surface area (Å²) in [6.07, 6.45) is 1.66. The number of ether oxygens (including phenoxy) is 2. The summed E-state index contributed by atoms with van der Waals surface area (Å²) in [5, 5.41) is 0.576. The number of nitrogens with zero attached hydrogens (tertiary/aromatic N) is 1. The molecule has 2 aromatic rings. The lowest BCUT2D eigenvalue weighted by atomic mass is 10.0. The summed E-state index contributed by atoms with van der Waals surface area (Å²) < 4.78 is 11.0. The van der Waals surface area contributed by atoms with Crippen LogP contribution in [0.1, 0.15) is 25.0 Å². The van der Waals surface area contributed by atoms with Gasteiger partial charge in [0.15, 0.2) is 6.61 Å². The predicted molar refractivity (Wildman–Crippen MR) is 113 cm³/mol. The highest BCUT2D eigenvalue weighted by Crippen LogP contribution is 2.22. The standard InChI is InChI=1S/C23H24ClNO4/c1-16-13-25(14-17(2)29-16)22(26)15-28-23(27)21(12-18-6-4-3-5-7-18)19-8-10-20(24)11-9-19/h3-12,16-17H,13-15H2,1-2H3/b21-12+/t16-,17-/m0/s1.